The highest BCUT2D eigenvalue weighted by molar-refractivity contribution is 7.99. The fourth-order valence-electron chi connectivity index (χ4n) is 1.90. The fourth-order valence-corrected chi connectivity index (χ4v) is 2.26. The van der Waals surface area contributed by atoms with Gasteiger partial charge in [0.15, 0.2) is 0 Å². The van der Waals surface area contributed by atoms with Crippen molar-refractivity contribution in [1.29, 1.82) is 0 Å². The van der Waals surface area contributed by atoms with Crippen molar-refractivity contribution in [3.05, 3.63) is 29.8 Å². The lowest BCUT2D eigenvalue weighted by Crippen LogP contribution is -2.17. The van der Waals surface area contributed by atoms with E-state index < -0.39 is 0 Å². The molecule has 0 aliphatic rings. The van der Waals surface area contributed by atoms with Gasteiger partial charge >= 0.3 is 0 Å². The molecule has 1 aromatic rings. The molecule has 0 aromatic heterocycles. The van der Waals surface area contributed by atoms with Gasteiger partial charge in [0.05, 0.1) is 6.61 Å². The smallest absolute Gasteiger partial charge is 0.119 e. The minimum Gasteiger partial charge on any atom is -0.494 e. The van der Waals surface area contributed by atoms with Crippen LogP contribution in [0.25, 0.3) is 0 Å². The van der Waals surface area contributed by atoms with Crippen molar-refractivity contribution in [2.75, 3.05) is 19.4 Å². The lowest BCUT2D eigenvalue weighted by molar-refractivity contribution is 0.306. The van der Waals surface area contributed by atoms with E-state index in [4.69, 9.17) is 4.74 Å². The van der Waals surface area contributed by atoms with E-state index in [0.29, 0.717) is 0 Å². The Hall–Kier alpha value is -0.670. The third-order valence-electron chi connectivity index (χ3n) is 3.40. The standard InChI is InChI=1S/C17H29NOS/c1-4-5-6-13-19-17-9-7-16(8-10-17)14-18-12-11-15(2)20-3/h7-10,15,18H,4-6,11-14H2,1-3H3. The van der Waals surface area contributed by atoms with E-state index in [1.54, 1.807) is 0 Å². The first-order chi connectivity index (χ1) is 9.76. The van der Waals surface area contributed by atoms with Gasteiger partial charge in [-0.25, -0.2) is 0 Å². The van der Waals surface area contributed by atoms with Crippen LogP contribution >= 0.6 is 11.8 Å². The monoisotopic (exact) mass is 295 g/mol. The van der Waals surface area contributed by atoms with Crippen molar-refractivity contribution in [2.24, 2.45) is 0 Å². The van der Waals surface area contributed by atoms with Gasteiger partial charge in [-0.2, -0.15) is 11.8 Å². The number of unbranched alkanes of at least 4 members (excludes halogenated alkanes) is 2. The maximum Gasteiger partial charge on any atom is 0.119 e. The summed E-state index contributed by atoms with van der Waals surface area (Å²) in [5, 5.41) is 4.23. The number of benzene rings is 1. The topological polar surface area (TPSA) is 21.3 Å². The molecule has 1 atom stereocenters. The van der Waals surface area contributed by atoms with Crippen LogP contribution in [0.1, 0.15) is 45.1 Å². The molecule has 0 aliphatic heterocycles. The predicted octanol–water partition coefficient (Wildman–Crippen LogP) is 4.49. The quantitative estimate of drug-likeness (QED) is 0.608. The predicted molar refractivity (Wildman–Crippen MR) is 90.8 cm³/mol. The molecular formula is C17H29NOS. The second-order valence-electron chi connectivity index (χ2n) is 5.21. The van der Waals surface area contributed by atoms with Gasteiger partial charge in [-0.15, -0.1) is 0 Å². The number of hydrogen-bond donors (Lipinski definition) is 1. The molecule has 0 saturated heterocycles. The van der Waals surface area contributed by atoms with Crippen LogP contribution in [-0.2, 0) is 6.54 Å². The third kappa shape index (κ3) is 7.81. The number of thioether (sulfide) groups is 1. The fraction of sp³-hybridized carbons (Fsp3) is 0.647. The maximum atomic E-state index is 5.71. The first-order valence-electron chi connectivity index (χ1n) is 7.71. The summed E-state index contributed by atoms with van der Waals surface area (Å²) in [7, 11) is 0. The molecule has 2 nitrogen and oxygen atoms in total. The summed E-state index contributed by atoms with van der Waals surface area (Å²) in [5.41, 5.74) is 1.32. The average Bonchev–Trinajstić information content (AvgIpc) is 2.49. The minimum absolute atomic E-state index is 0.737. The molecule has 114 valence electrons. The van der Waals surface area contributed by atoms with E-state index in [-0.39, 0.29) is 0 Å². The summed E-state index contributed by atoms with van der Waals surface area (Å²) in [6.45, 7) is 7.34. The van der Waals surface area contributed by atoms with Crippen molar-refractivity contribution in [3.8, 4) is 5.75 Å². The first kappa shape index (κ1) is 17.4. The normalized spacial score (nSPS) is 12.3. The van der Waals surface area contributed by atoms with E-state index >= 15 is 0 Å². The summed E-state index contributed by atoms with van der Waals surface area (Å²) in [6.07, 6.45) is 7.02. The van der Waals surface area contributed by atoms with Gasteiger partial charge in [0.2, 0.25) is 0 Å². The van der Waals surface area contributed by atoms with Crippen LogP contribution in [0, 0.1) is 0 Å². The van der Waals surface area contributed by atoms with Gasteiger partial charge in [-0.1, -0.05) is 38.8 Å². The van der Waals surface area contributed by atoms with E-state index in [1.807, 2.05) is 11.8 Å². The Bertz CT molecular complexity index is 339. The number of nitrogens with one attached hydrogen (secondary N) is 1. The van der Waals surface area contributed by atoms with Crippen molar-refractivity contribution in [2.45, 2.75) is 51.3 Å². The largest absolute Gasteiger partial charge is 0.494 e. The first-order valence-corrected chi connectivity index (χ1v) is 9.00. The van der Waals surface area contributed by atoms with E-state index in [0.717, 1.165) is 37.1 Å². The van der Waals surface area contributed by atoms with Gasteiger partial charge < -0.3 is 10.1 Å². The maximum absolute atomic E-state index is 5.71. The van der Waals surface area contributed by atoms with Crippen molar-refractivity contribution < 1.29 is 4.74 Å². The average molecular weight is 295 g/mol. The molecule has 1 N–H and O–H groups in total. The van der Waals surface area contributed by atoms with Gasteiger partial charge in [-0.05, 0) is 43.3 Å². The Kier molecular flexibility index (Phi) is 9.60. The molecule has 0 fully saturated rings. The molecule has 1 unspecified atom stereocenters. The molecule has 0 aliphatic carbocycles. The molecule has 0 saturated carbocycles. The Balaban J connectivity index is 2.18. The zero-order valence-electron chi connectivity index (χ0n) is 13.2. The summed E-state index contributed by atoms with van der Waals surface area (Å²) in [4.78, 5) is 0. The number of ether oxygens (including phenoxy) is 1. The highest BCUT2D eigenvalue weighted by Crippen LogP contribution is 2.13. The Morgan fingerprint density at radius 3 is 2.60 bits per heavy atom. The minimum atomic E-state index is 0.737. The van der Waals surface area contributed by atoms with Crippen LogP contribution < -0.4 is 10.1 Å². The summed E-state index contributed by atoms with van der Waals surface area (Å²) in [5.74, 6) is 0.987. The van der Waals surface area contributed by atoms with Crippen LogP contribution in [0.3, 0.4) is 0 Å². The molecule has 0 radical (unpaired) electrons. The SMILES string of the molecule is CCCCCOc1ccc(CNCCC(C)SC)cc1. The lowest BCUT2D eigenvalue weighted by Gasteiger charge is -2.10. The zero-order chi connectivity index (χ0) is 14.6. The van der Waals surface area contributed by atoms with Gasteiger partial charge in [-0.3, -0.25) is 0 Å². The van der Waals surface area contributed by atoms with E-state index in [9.17, 15) is 0 Å². The Labute approximate surface area is 128 Å². The van der Waals surface area contributed by atoms with E-state index in [1.165, 1.54) is 24.8 Å². The highest BCUT2D eigenvalue weighted by Gasteiger charge is 1.99. The molecule has 0 bridgehead atoms. The molecule has 3 heteroatoms. The molecule has 1 rings (SSSR count). The molecule has 20 heavy (non-hydrogen) atoms. The third-order valence-corrected chi connectivity index (χ3v) is 4.44. The second kappa shape index (κ2) is 11.0. The summed E-state index contributed by atoms with van der Waals surface area (Å²) in [6, 6.07) is 8.46. The molecule has 1 aromatic carbocycles. The van der Waals surface area contributed by atoms with Crippen molar-refractivity contribution >= 4 is 11.8 Å². The molecule has 0 heterocycles. The molecule has 0 spiro atoms. The molecular weight excluding hydrogens is 266 g/mol. The Morgan fingerprint density at radius 1 is 1.20 bits per heavy atom. The van der Waals surface area contributed by atoms with Crippen molar-refractivity contribution in [1.82, 2.24) is 5.32 Å². The zero-order valence-corrected chi connectivity index (χ0v) is 14.0. The van der Waals surface area contributed by atoms with Crippen molar-refractivity contribution in [3.63, 3.8) is 0 Å². The van der Waals surface area contributed by atoms with Crippen LogP contribution in [0.4, 0.5) is 0 Å². The highest BCUT2D eigenvalue weighted by atomic mass is 32.2. The van der Waals surface area contributed by atoms with Gasteiger partial charge in [0.1, 0.15) is 5.75 Å². The Morgan fingerprint density at radius 2 is 1.95 bits per heavy atom. The number of rotatable bonds is 11. The van der Waals surface area contributed by atoms with Crippen LogP contribution in [0.15, 0.2) is 24.3 Å². The van der Waals surface area contributed by atoms with Crippen LogP contribution in [0.2, 0.25) is 0 Å². The lowest BCUT2D eigenvalue weighted by atomic mass is 10.2. The summed E-state index contributed by atoms with van der Waals surface area (Å²) >= 11 is 1.93. The van der Waals surface area contributed by atoms with Crippen LogP contribution in [-0.4, -0.2) is 24.7 Å². The van der Waals surface area contributed by atoms with Gasteiger partial charge in [0.25, 0.3) is 0 Å². The van der Waals surface area contributed by atoms with Crippen LogP contribution in [0.5, 0.6) is 5.75 Å². The van der Waals surface area contributed by atoms with Gasteiger partial charge in [0, 0.05) is 11.8 Å². The number of hydrogen-bond acceptors (Lipinski definition) is 3. The van der Waals surface area contributed by atoms with E-state index in [2.05, 4.69) is 49.7 Å². The summed E-state index contributed by atoms with van der Waals surface area (Å²) < 4.78 is 5.71. The molecule has 0 amide bonds. The second-order valence-corrected chi connectivity index (χ2v) is 6.49.